The number of anilines is 1. The summed E-state index contributed by atoms with van der Waals surface area (Å²) in [5, 5.41) is 15.7. The van der Waals surface area contributed by atoms with Crippen LogP contribution in [0, 0.1) is 0 Å². The zero-order valence-electron chi connectivity index (χ0n) is 16.8. The van der Waals surface area contributed by atoms with Crippen LogP contribution in [0.2, 0.25) is 0 Å². The second-order valence-electron chi connectivity index (χ2n) is 6.81. The minimum Gasteiger partial charge on any atom is -0.677 e. The number of benzene rings is 2. The van der Waals surface area contributed by atoms with E-state index in [2.05, 4.69) is 31.8 Å². The fourth-order valence-corrected chi connectivity index (χ4v) is 3.39. The normalized spacial score (nSPS) is 13.0. The molecule has 1 aliphatic rings. The van der Waals surface area contributed by atoms with Crippen LogP contribution in [0.5, 0.6) is 0 Å². The molecule has 3 aromatic rings. The van der Waals surface area contributed by atoms with Gasteiger partial charge in [-0.05, 0) is 31.6 Å². The quantitative estimate of drug-likeness (QED) is 0.347. The zero-order valence-corrected chi connectivity index (χ0v) is 19.8. The summed E-state index contributed by atoms with van der Waals surface area (Å²) in [6, 6.07) is 16.4. The van der Waals surface area contributed by atoms with Crippen LogP contribution in [0.3, 0.4) is 0 Å². The van der Waals surface area contributed by atoms with Crippen LogP contribution in [0.4, 0.5) is 5.69 Å². The first-order valence-corrected chi connectivity index (χ1v) is 12.8. The van der Waals surface area contributed by atoms with Crippen LogP contribution in [-0.2, 0) is 18.8 Å². The van der Waals surface area contributed by atoms with Crippen molar-refractivity contribution in [2.24, 2.45) is 0 Å². The van der Waals surface area contributed by atoms with E-state index in [1.165, 1.54) is 0 Å². The number of halogens is 1. The van der Waals surface area contributed by atoms with E-state index in [-0.39, 0.29) is 0 Å². The number of amidine groups is 1. The van der Waals surface area contributed by atoms with Gasteiger partial charge in [-0.15, -0.1) is 0 Å². The summed E-state index contributed by atoms with van der Waals surface area (Å²) in [5.41, 5.74) is 16.1. The van der Waals surface area contributed by atoms with E-state index in [1.807, 2.05) is 36.4 Å². The number of para-hydroxylation sites is 2. The van der Waals surface area contributed by atoms with E-state index >= 15 is 0 Å². The summed E-state index contributed by atoms with van der Waals surface area (Å²) in [6.07, 6.45) is 2.58. The first kappa shape index (κ1) is 24.5. The second-order valence-corrected chi connectivity index (χ2v) is 6.81. The van der Waals surface area contributed by atoms with Crippen molar-refractivity contribution in [1.82, 2.24) is 9.88 Å². The third-order valence-corrected chi connectivity index (χ3v) is 4.82. The molecule has 165 valence electrons. The van der Waals surface area contributed by atoms with Crippen molar-refractivity contribution >= 4 is 42.7 Å². The van der Waals surface area contributed by atoms with Crippen molar-refractivity contribution in [3.8, 4) is 0 Å². The summed E-state index contributed by atoms with van der Waals surface area (Å²) >= 11 is 1.61. The molecule has 0 unspecified atom stereocenters. The monoisotopic (exact) mass is 605 g/mol. The van der Waals surface area contributed by atoms with Crippen LogP contribution in [0.25, 0.3) is 38.7 Å². The van der Waals surface area contributed by atoms with Crippen molar-refractivity contribution in [2.75, 3.05) is 38.0 Å². The molecule has 0 atom stereocenters. The Labute approximate surface area is 193 Å². The van der Waals surface area contributed by atoms with Gasteiger partial charge in [-0.3, -0.25) is 0 Å². The molecule has 0 spiro atoms. The Bertz CT molecular complexity index is 880. The van der Waals surface area contributed by atoms with E-state index in [9.17, 15) is 5.41 Å². The number of nitrogens with one attached hydrogen (secondary N) is 3. The van der Waals surface area contributed by atoms with Gasteiger partial charge >= 0.3 is 28.2 Å². The van der Waals surface area contributed by atoms with Gasteiger partial charge in [0.05, 0.1) is 16.7 Å². The van der Waals surface area contributed by atoms with Crippen molar-refractivity contribution in [1.29, 1.82) is 0 Å². The number of rotatable bonds is 6. The Balaban J connectivity index is 0.000000404. The van der Waals surface area contributed by atoms with Gasteiger partial charge in [0.15, 0.2) is 0 Å². The van der Waals surface area contributed by atoms with E-state index in [4.69, 9.17) is 16.5 Å². The summed E-state index contributed by atoms with van der Waals surface area (Å²) in [7, 11) is 4.61. The van der Waals surface area contributed by atoms with E-state index in [0.717, 1.165) is 66.4 Å². The number of hydrogen-bond donors (Lipinski definition) is 1. The van der Waals surface area contributed by atoms with Crippen molar-refractivity contribution in [3.05, 3.63) is 65.4 Å². The topological polar surface area (TPSA) is 98.1 Å². The molecule has 0 saturated carbocycles. The second kappa shape index (κ2) is 13.6. The molecule has 0 bridgehead atoms. The van der Waals surface area contributed by atoms with E-state index in [0.29, 0.717) is 18.9 Å². The zero-order chi connectivity index (χ0) is 21.8. The maximum atomic E-state index is 9.83. The number of hydrogen-bond acceptors (Lipinski definition) is 2. The Morgan fingerprint density at radius 3 is 2.03 bits per heavy atom. The number of pyridine rings is 1. The molecular formula is C22H27ClN6Pt-3. The SMILES string of the molecule is [Cl][Pt].[N-]=C1CCCN1CCNc1c2ccccc2nc2ccccc12.[NH-]CCC[NH-]. The van der Waals surface area contributed by atoms with Crippen molar-refractivity contribution in [2.45, 2.75) is 19.3 Å². The van der Waals surface area contributed by atoms with Gasteiger partial charge in [0.25, 0.3) is 0 Å². The molecule has 0 aliphatic carbocycles. The van der Waals surface area contributed by atoms with Crippen molar-refractivity contribution < 1.29 is 18.8 Å². The molecule has 1 fully saturated rings. The average Bonchev–Trinajstić information content (AvgIpc) is 3.20. The summed E-state index contributed by atoms with van der Waals surface area (Å²) < 4.78 is 0. The largest absolute Gasteiger partial charge is 0.677 e. The fourth-order valence-electron chi connectivity index (χ4n) is 3.39. The van der Waals surface area contributed by atoms with Crippen LogP contribution in [-0.4, -0.2) is 48.4 Å². The summed E-state index contributed by atoms with van der Waals surface area (Å²) in [6.45, 7) is 3.37. The van der Waals surface area contributed by atoms with Crippen LogP contribution < -0.4 is 5.32 Å². The minimum atomic E-state index is 0.406. The third kappa shape index (κ3) is 6.64. The average molecular weight is 606 g/mol. The standard InChI is InChI=1S/C19H19N4.C3H8N2.ClH.Pt/c20-18-10-5-12-23(18)13-11-21-19-14-6-1-3-8-16(14)22-17-9-4-2-7-15(17)19;4-2-1-3-5;;/h1-4,6-9H,5,10-13H2,(H,21,22);4-5H,1-3H2;1H;/q-1;-2;;+1/p-1. The molecule has 6 nitrogen and oxygen atoms in total. The van der Waals surface area contributed by atoms with Gasteiger partial charge in [-0.25, -0.2) is 4.98 Å². The van der Waals surface area contributed by atoms with Gasteiger partial charge in [0, 0.05) is 17.3 Å². The summed E-state index contributed by atoms with van der Waals surface area (Å²) in [5.74, 6) is 0.524. The van der Waals surface area contributed by atoms with E-state index < -0.39 is 0 Å². The summed E-state index contributed by atoms with van der Waals surface area (Å²) in [4.78, 5) is 6.80. The van der Waals surface area contributed by atoms with Gasteiger partial charge < -0.3 is 27.1 Å². The molecule has 1 aromatic heterocycles. The fraction of sp³-hybridized carbons (Fsp3) is 0.364. The van der Waals surface area contributed by atoms with E-state index in [1.54, 1.807) is 18.8 Å². The predicted molar refractivity (Wildman–Crippen MR) is 126 cm³/mol. The van der Waals surface area contributed by atoms with Crippen LogP contribution in [0.1, 0.15) is 19.3 Å². The molecule has 2 aromatic carbocycles. The number of aromatic nitrogens is 1. The Hall–Kier alpha value is -1.72. The first-order valence-electron chi connectivity index (χ1n) is 9.97. The molecule has 30 heavy (non-hydrogen) atoms. The molecule has 0 amide bonds. The molecule has 1 saturated heterocycles. The molecule has 8 heteroatoms. The number of nitrogens with zero attached hydrogens (tertiary/aromatic N) is 3. The molecule has 2 heterocycles. The Morgan fingerprint density at radius 1 is 1.00 bits per heavy atom. The van der Waals surface area contributed by atoms with Crippen LogP contribution >= 0.6 is 9.42 Å². The van der Waals surface area contributed by atoms with Gasteiger partial charge in [0.2, 0.25) is 0 Å². The third-order valence-electron chi connectivity index (χ3n) is 4.82. The predicted octanol–water partition coefficient (Wildman–Crippen LogP) is 6.03. The molecule has 3 N–H and O–H groups in total. The minimum absolute atomic E-state index is 0.406. The maximum absolute atomic E-state index is 9.83. The Morgan fingerprint density at radius 2 is 1.57 bits per heavy atom. The van der Waals surface area contributed by atoms with Crippen LogP contribution in [0.15, 0.2) is 48.5 Å². The van der Waals surface area contributed by atoms with Gasteiger partial charge in [-0.2, -0.15) is 13.1 Å². The van der Waals surface area contributed by atoms with Gasteiger partial charge in [-0.1, -0.05) is 55.1 Å². The first-order chi connectivity index (χ1) is 14.7. The number of fused-ring (bicyclic) bond motifs is 2. The molecule has 0 radical (unpaired) electrons. The number of likely N-dealkylation sites (tertiary alicyclic amines) is 1. The Kier molecular flexibility index (Phi) is 11.1. The van der Waals surface area contributed by atoms with Crippen molar-refractivity contribution in [3.63, 3.8) is 0 Å². The molecule has 1 aliphatic heterocycles. The molecule has 4 rings (SSSR count). The smallest absolute Gasteiger partial charge is 0.0730 e. The molecular weight excluding hydrogens is 579 g/mol. The maximum Gasteiger partial charge on any atom is 0.0730 e. The van der Waals surface area contributed by atoms with Gasteiger partial charge in [0.1, 0.15) is 0 Å².